The van der Waals surface area contributed by atoms with Crippen molar-refractivity contribution in [1.82, 2.24) is 4.90 Å². The van der Waals surface area contributed by atoms with Gasteiger partial charge in [0.05, 0.1) is 6.61 Å². The van der Waals surface area contributed by atoms with Crippen LogP contribution in [0.4, 0.5) is 4.79 Å². The zero-order valence-electron chi connectivity index (χ0n) is 11.2. The second-order valence-electron chi connectivity index (χ2n) is 4.76. The van der Waals surface area contributed by atoms with Gasteiger partial charge in [0.25, 0.3) is 0 Å². The number of nitrogens with zero attached hydrogens (tertiary/aromatic N) is 1. The van der Waals surface area contributed by atoms with Crippen molar-refractivity contribution in [2.45, 2.75) is 40.0 Å². The van der Waals surface area contributed by atoms with E-state index in [9.17, 15) is 4.79 Å². The van der Waals surface area contributed by atoms with Crippen LogP contribution in [0.3, 0.4) is 0 Å². The van der Waals surface area contributed by atoms with E-state index in [4.69, 9.17) is 4.74 Å². The smallest absolute Gasteiger partial charge is 0.409 e. The van der Waals surface area contributed by atoms with Gasteiger partial charge in [0.1, 0.15) is 0 Å². The van der Waals surface area contributed by atoms with Crippen LogP contribution in [-0.2, 0) is 4.74 Å². The Bertz CT molecular complexity index is 230. The number of ether oxygens (including phenoxy) is 1. The molecule has 0 saturated carbocycles. The molecule has 0 unspecified atom stereocenters. The maximum Gasteiger partial charge on any atom is 0.409 e. The van der Waals surface area contributed by atoms with E-state index in [0.717, 1.165) is 19.3 Å². The fraction of sp³-hybridized carbons (Fsp3) is 0.769. The zero-order valence-corrected chi connectivity index (χ0v) is 11.2. The number of amides is 1. The number of carbonyl (C=O) groups excluding carboxylic acids is 1. The van der Waals surface area contributed by atoms with Crippen molar-refractivity contribution in [1.29, 1.82) is 0 Å². The average Bonchev–Trinajstić information content (AvgIpc) is 2.16. The molecule has 0 aromatic rings. The van der Waals surface area contributed by atoms with Gasteiger partial charge in [0.2, 0.25) is 0 Å². The highest BCUT2D eigenvalue weighted by Crippen LogP contribution is 2.11. The minimum absolute atomic E-state index is 0.253. The molecule has 94 valence electrons. The molecule has 1 amide bonds. The summed E-state index contributed by atoms with van der Waals surface area (Å²) in [6.07, 6.45) is 5.21. The zero-order chi connectivity index (χ0) is 12.6. The third kappa shape index (κ3) is 8.33. The standard InChI is InChI=1S/C13H25NO2/c1-11(2)7-6-8-12(3)9-10-16-13(15)14(4)5/h7,12H,6,8-10H2,1-5H3/t12-/m1/s1. The van der Waals surface area contributed by atoms with Crippen LogP contribution in [0, 0.1) is 5.92 Å². The van der Waals surface area contributed by atoms with E-state index in [0.29, 0.717) is 12.5 Å². The second-order valence-corrected chi connectivity index (χ2v) is 4.76. The van der Waals surface area contributed by atoms with E-state index in [1.54, 1.807) is 14.1 Å². The summed E-state index contributed by atoms with van der Waals surface area (Å²) >= 11 is 0. The highest BCUT2D eigenvalue weighted by molar-refractivity contribution is 5.66. The van der Waals surface area contributed by atoms with Gasteiger partial charge in [0.15, 0.2) is 0 Å². The summed E-state index contributed by atoms with van der Waals surface area (Å²) in [5.74, 6) is 0.602. The van der Waals surface area contributed by atoms with Crippen LogP contribution >= 0.6 is 0 Å². The lowest BCUT2D eigenvalue weighted by Crippen LogP contribution is -2.23. The Hall–Kier alpha value is -0.990. The summed E-state index contributed by atoms with van der Waals surface area (Å²) in [4.78, 5) is 12.6. The highest BCUT2D eigenvalue weighted by Gasteiger charge is 2.06. The van der Waals surface area contributed by atoms with Crippen molar-refractivity contribution in [2.75, 3.05) is 20.7 Å². The first-order chi connectivity index (χ1) is 7.43. The normalized spacial score (nSPS) is 11.8. The fourth-order valence-corrected chi connectivity index (χ4v) is 1.28. The Morgan fingerprint density at radius 3 is 2.44 bits per heavy atom. The molecule has 0 aromatic carbocycles. The molecule has 0 rings (SSSR count). The third-order valence-corrected chi connectivity index (χ3v) is 2.41. The third-order valence-electron chi connectivity index (χ3n) is 2.41. The molecule has 0 aliphatic rings. The first-order valence-electron chi connectivity index (χ1n) is 5.91. The number of hydrogen-bond donors (Lipinski definition) is 0. The number of hydrogen-bond acceptors (Lipinski definition) is 2. The van der Waals surface area contributed by atoms with Crippen LogP contribution in [0.5, 0.6) is 0 Å². The van der Waals surface area contributed by atoms with Crippen LogP contribution in [0.15, 0.2) is 11.6 Å². The topological polar surface area (TPSA) is 29.5 Å². The summed E-state index contributed by atoms with van der Waals surface area (Å²) in [5, 5.41) is 0. The first-order valence-corrected chi connectivity index (χ1v) is 5.91. The van der Waals surface area contributed by atoms with Crippen LogP contribution < -0.4 is 0 Å². The monoisotopic (exact) mass is 227 g/mol. The van der Waals surface area contributed by atoms with Gasteiger partial charge in [-0.05, 0) is 39.0 Å². The van der Waals surface area contributed by atoms with Crippen molar-refractivity contribution in [3.63, 3.8) is 0 Å². The van der Waals surface area contributed by atoms with E-state index < -0.39 is 0 Å². The number of allylic oxidation sites excluding steroid dienone is 2. The molecule has 0 N–H and O–H groups in total. The lowest BCUT2D eigenvalue weighted by atomic mass is 10.0. The Labute approximate surface area is 99.5 Å². The summed E-state index contributed by atoms with van der Waals surface area (Å²) in [7, 11) is 3.39. The highest BCUT2D eigenvalue weighted by atomic mass is 16.6. The predicted molar refractivity (Wildman–Crippen MR) is 67.5 cm³/mol. The summed E-state index contributed by atoms with van der Waals surface area (Å²) in [6, 6.07) is 0. The van der Waals surface area contributed by atoms with Crippen molar-refractivity contribution < 1.29 is 9.53 Å². The minimum atomic E-state index is -0.253. The van der Waals surface area contributed by atoms with Gasteiger partial charge in [-0.2, -0.15) is 0 Å². The molecule has 0 spiro atoms. The Morgan fingerprint density at radius 2 is 1.94 bits per heavy atom. The predicted octanol–water partition coefficient (Wildman–Crippen LogP) is 3.46. The summed E-state index contributed by atoms with van der Waals surface area (Å²) in [6.45, 7) is 6.95. The van der Waals surface area contributed by atoms with E-state index in [-0.39, 0.29) is 6.09 Å². The minimum Gasteiger partial charge on any atom is -0.449 e. The maximum absolute atomic E-state index is 11.1. The van der Waals surface area contributed by atoms with Crippen LogP contribution in [0.1, 0.15) is 40.0 Å². The van der Waals surface area contributed by atoms with Crippen molar-refractivity contribution in [2.24, 2.45) is 5.92 Å². The number of carbonyl (C=O) groups is 1. The van der Waals surface area contributed by atoms with Crippen molar-refractivity contribution in [3.05, 3.63) is 11.6 Å². The molecule has 0 saturated heterocycles. The molecule has 3 heteroatoms. The molecular formula is C13H25NO2. The molecule has 0 aliphatic carbocycles. The Morgan fingerprint density at radius 1 is 1.31 bits per heavy atom. The lowest BCUT2D eigenvalue weighted by molar-refractivity contribution is 0.112. The number of rotatable bonds is 6. The van der Waals surface area contributed by atoms with Gasteiger partial charge in [0, 0.05) is 14.1 Å². The van der Waals surface area contributed by atoms with E-state index in [1.165, 1.54) is 10.5 Å². The first kappa shape index (κ1) is 15.0. The second kappa shape index (κ2) is 8.20. The molecule has 0 aliphatic heterocycles. The summed E-state index contributed by atoms with van der Waals surface area (Å²) in [5.41, 5.74) is 1.37. The maximum atomic E-state index is 11.1. The van der Waals surface area contributed by atoms with Crippen LogP contribution in [0.2, 0.25) is 0 Å². The lowest BCUT2D eigenvalue weighted by Gasteiger charge is -2.13. The summed E-state index contributed by atoms with van der Waals surface area (Å²) < 4.78 is 5.07. The quantitative estimate of drug-likeness (QED) is 0.650. The molecule has 0 heterocycles. The van der Waals surface area contributed by atoms with Crippen molar-refractivity contribution >= 4 is 6.09 Å². The molecular weight excluding hydrogens is 202 g/mol. The van der Waals surface area contributed by atoms with Crippen molar-refractivity contribution in [3.8, 4) is 0 Å². The van der Waals surface area contributed by atoms with Crippen LogP contribution in [-0.4, -0.2) is 31.7 Å². The molecule has 3 nitrogen and oxygen atoms in total. The van der Waals surface area contributed by atoms with Crippen LogP contribution in [0.25, 0.3) is 0 Å². The molecule has 0 radical (unpaired) electrons. The SMILES string of the molecule is CC(C)=CCC[C@@H](C)CCOC(=O)N(C)C. The van der Waals surface area contributed by atoms with Gasteiger partial charge in [-0.3, -0.25) is 0 Å². The Kier molecular flexibility index (Phi) is 7.69. The Balaban J connectivity index is 3.54. The van der Waals surface area contributed by atoms with E-state index >= 15 is 0 Å². The average molecular weight is 227 g/mol. The van der Waals surface area contributed by atoms with Gasteiger partial charge in [-0.25, -0.2) is 4.79 Å². The largest absolute Gasteiger partial charge is 0.449 e. The molecule has 1 atom stereocenters. The molecule has 16 heavy (non-hydrogen) atoms. The molecule has 0 fully saturated rings. The van der Waals surface area contributed by atoms with E-state index in [2.05, 4.69) is 26.8 Å². The van der Waals surface area contributed by atoms with Gasteiger partial charge < -0.3 is 9.64 Å². The van der Waals surface area contributed by atoms with Gasteiger partial charge in [-0.15, -0.1) is 0 Å². The molecule has 0 bridgehead atoms. The fourth-order valence-electron chi connectivity index (χ4n) is 1.28. The van der Waals surface area contributed by atoms with Gasteiger partial charge in [-0.1, -0.05) is 18.6 Å². The van der Waals surface area contributed by atoms with E-state index in [1.807, 2.05) is 0 Å². The molecule has 0 aromatic heterocycles. The van der Waals surface area contributed by atoms with Gasteiger partial charge >= 0.3 is 6.09 Å².